The molecule has 2 N–H and O–H groups in total. The number of imidazole rings is 1. The molecule has 1 saturated heterocycles. The van der Waals surface area contributed by atoms with Crippen molar-refractivity contribution < 1.29 is 0 Å². The van der Waals surface area contributed by atoms with Gasteiger partial charge in [-0.2, -0.15) is 0 Å². The number of hydrogen-bond acceptors (Lipinski definition) is 3. The Morgan fingerprint density at radius 1 is 1.18 bits per heavy atom. The Kier molecular flexibility index (Phi) is 5.24. The van der Waals surface area contributed by atoms with Crippen LogP contribution in [0.2, 0.25) is 0 Å². The van der Waals surface area contributed by atoms with Gasteiger partial charge in [-0.15, -0.1) is 0 Å². The first-order valence-electron chi connectivity index (χ1n) is 8.29. The third kappa shape index (κ3) is 4.18. The largest absolute Gasteiger partial charge is 0.348 e. The van der Waals surface area contributed by atoms with Crippen molar-refractivity contribution in [1.82, 2.24) is 20.2 Å². The molecule has 2 aromatic rings. The quantitative estimate of drug-likeness (QED) is 0.862. The molecule has 1 fully saturated rings. The van der Waals surface area contributed by atoms with Crippen LogP contribution in [-0.2, 0) is 19.6 Å². The average molecular weight is 298 g/mol. The molecule has 0 bridgehead atoms. The first kappa shape index (κ1) is 15.3. The molecular weight excluding hydrogens is 272 g/mol. The summed E-state index contributed by atoms with van der Waals surface area (Å²) in [5.74, 6) is 1.88. The third-order valence-corrected chi connectivity index (χ3v) is 4.55. The Bertz CT molecular complexity index is 556. The number of aromatic amines is 1. The molecule has 0 amide bonds. The van der Waals surface area contributed by atoms with Gasteiger partial charge in [0.1, 0.15) is 5.82 Å². The van der Waals surface area contributed by atoms with E-state index in [0.29, 0.717) is 0 Å². The van der Waals surface area contributed by atoms with Gasteiger partial charge in [0.25, 0.3) is 0 Å². The van der Waals surface area contributed by atoms with Crippen LogP contribution in [0.1, 0.15) is 36.7 Å². The van der Waals surface area contributed by atoms with Gasteiger partial charge in [0, 0.05) is 25.5 Å². The van der Waals surface area contributed by atoms with Crippen LogP contribution in [0.3, 0.4) is 0 Å². The van der Waals surface area contributed by atoms with Crippen molar-refractivity contribution in [2.75, 3.05) is 13.1 Å². The number of benzene rings is 1. The summed E-state index contributed by atoms with van der Waals surface area (Å²) in [4.78, 5) is 9.96. The highest BCUT2D eigenvalue weighted by Crippen LogP contribution is 2.19. The minimum absolute atomic E-state index is 0.780. The fourth-order valence-electron chi connectivity index (χ4n) is 3.06. The van der Waals surface area contributed by atoms with E-state index in [1.807, 2.05) is 6.20 Å². The molecule has 1 aromatic carbocycles. The molecule has 0 spiro atoms. The standard InChI is InChI=1S/C18H26N4/c1-15-6-10-22(11-7-15)14-17-5-3-2-4-16(17)12-19-13-18-20-8-9-21-18/h2-5,8-9,15,19H,6-7,10-14H2,1H3,(H,20,21). The van der Waals surface area contributed by atoms with Crippen molar-refractivity contribution in [2.24, 2.45) is 5.92 Å². The van der Waals surface area contributed by atoms with Crippen LogP contribution in [0.15, 0.2) is 36.7 Å². The van der Waals surface area contributed by atoms with E-state index in [4.69, 9.17) is 0 Å². The van der Waals surface area contributed by atoms with E-state index < -0.39 is 0 Å². The second-order valence-electron chi connectivity index (χ2n) is 6.37. The van der Waals surface area contributed by atoms with E-state index in [9.17, 15) is 0 Å². The average Bonchev–Trinajstić information content (AvgIpc) is 3.05. The van der Waals surface area contributed by atoms with Gasteiger partial charge in [-0.1, -0.05) is 31.2 Å². The van der Waals surface area contributed by atoms with Crippen molar-refractivity contribution >= 4 is 0 Å². The lowest BCUT2D eigenvalue weighted by Gasteiger charge is -2.30. The van der Waals surface area contributed by atoms with Gasteiger partial charge in [-0.25, -0.2) is 4.98 Å². The number of piperidine rings is 1. The Morgan fingerprint density at radius 3 is 2.68 bits per heavy atom. The minimum atomic E-state index is 0.780. The third-order valence-electron chi connectivity index (χ3n) is 4.55. The van der Waals surface area contributed by atoms with E-state index in [0.717, 1.165) is 31.4 Å². The zero-order valence-electron chi connectivity index (χ0n) is 13.4. The second kappa shape index (κ2) is 7.56. The normalized spacial score (nSPS) is 17.0. The molecule has 1 aliphatic rings. The fourth-order valence-corrected chi connectivity index (χ4v) is 3.06. The number of nitrogens with one attached hydrogen (secondary N) is 2. The molecule has 0 radical (unpaired) electrons. The molecule has 1 aliphatic heterocycles. The summed E-state index contributed by atoms with van der Waals surface area (Å²) in [5, 5.41) is 3.48. The van der Waals surface area contributed by atoms with Crippen LogP contribution in [0.25, 0.3) is 0 Å². The van der Waals surface area contributed by atoms with E-state index in [1.165, 1.54) is 37.1 Å². The van der Waals surface area contributed by atoms with Crippen LogP contribution in [0, 0.1) is 5.92 Å². The zero-order valence-corrected chi connectivity index (χ0v) is 13.4. The number of H-pyrrole nitrogens is 1. The first-order valence-corrected chi connectivity index (χ1v) is 8.29. The first-order chi connectivity index (χ1) is 10.8. The molecule has 0 atom stereocenters. The lowest BCUT2D eigenvalue weighted by molar-refractivity contribution is 0.185. The number of hydrogen-bond donors (Lipinski definition) is 2. The Morgan fingerprint density at radius 2 is 1.95 bits per heavy atom. The number of rotatable bonds is 6. The Hall–Kier alpha value is -1.65. The van der Waals surface area contributed by atoms with Crippen molar-refractivity contribution in [3.05, 3.63) is 53.6 Å². The minimum Gasteiger partial charge on any atom is -0.348 e. The lowest BCUT2D eigenvalue weighted by Crippen LogP contribution is -2.32. The molecule has 0 saturated carbocycles. The topological polar surface area (TPSA) is 44.0 Å². The molecular formula is C18H26N4. The summed E-state index contributed by atoms with van der Waals surface area (Å²) in [6.45, 7) is 7.57. The molecule has 1 aromatic heterocycles. The van der Waals surface area contributed by atoms with Gasteiger partial charge < -0.3 is 10.3 Å². The van der Waals surface area contributed by atoms with Crippen molar-refractivity contribution in [3.63, 3.8) is 0 Å². The summed E-state index contributed by atoms with van der Waals surface area (Å²) in [6, 6.07) is 8.78. The summed E-state index contributed by atoms with van der Waals surface area (Å²) in [5.41, 5.74) is 2.84. The zero-order chi connectivity index (χ0) is 15.2. The van der Waals surface area contributed by atoms with Crippen LogP contribution in [0.4, 0.5) is 0 Å². The predicted molar refractivity (Wildman–Crippen MR) is 89.2 cm³/mol. The smallest absolute Gasteiger partial charge is 0.120 e. The molecule has 3 rings (SSSR count). The van der Waals surface area contributed by atoms with Gasteiger partial charge in [0.2, 0.25) is 0 Å². The number of aromatic nitrogens is 2. The van der Waals surface area contributed by atoms with E-state index >= 15 is 0 Å². The maximum absolute atomic E-state index is 4.24. The highest BCUT2D eigenvalue weighted by Gasteiger charge is 2.16. The molecule has 4 heteroatoms. The lowest BCUT2D eigenvalue weighted by atomic mass is 9.98. The fraction of sp³-hybridized carbons (Fsp3) is 0.500. The Labute approximate surface area is 133 Å². The molecule has 0 aliphatic carbocycles. The highest BCUT2D eigenvalue weighted by atomic mass is 15.1. The molecule has 2 heterocycles. The van der Waals surface area contributed by atoms with Crippen LogP contribution < -0.4 is 5.32 Å². The van der Waals surface area contributed by atoms with Crippen molar-refractivity contribution in [3.8, 4) is 0 Å². The van der Waals surface area contributed by atoms with Crippen molar-refractivity contribution in [2.45, 2.75) is 39.4 Å². The maximum Gasteiger partial charge on any atom is 0.120 e. The Balaban J connectivity index is 1.55. The molecule has 118 valence electrons. The van der Waals surface area contributed by atoms with Crippen LogP contribution in [-0.4, -0.2) is 28.0 Å². The van der Waals surface area contributed by atoms with Gasteiger partial charge in [0.05, 0.1) is 6.54 Å². The summed E-state index contributed by atoms with van der Waals surface area (Å²) in [7, 11) is 0. The predicted octanol–water partition coefficient (Wildman–Crippen LogP) is 2.93. The monoisotopic (exact) mass is 298 g/mol. The van der Waals surface area contributed by atoms with Gasteiger partial charge >= 0.3 is 0 Å². The van der Waals surface area contributed by atoms with Gasteiger partial charge in [-0.05, 0) is 43.0 Å². The number of likely N-dealkylation sites (tertiary alicyclic amines) is 1. The highest BCUT2D eigenvalue weighted by molar-refractivity contribution is 5.27. The van der Waals surface area contributed by atoms with E-state index in [2.05, 4.69) is 51.4 Å². The van der Waals surface area contributed by atoms with Crippen molar-refractivity contribution in [1.29, 1.82) is 0 Å². The maximum atomic E-state index is 4.24. The van der Waals surface area contributed by atoms with E-state index in [1.54, 1.807) is 6.20 Å². The second-order valence-corrected chi connectivity index (χ2v) is 6.37. The van der Waals surface area contributed by atoms with Gasteiger partial charge in [-0.3, -0.25) is 4.90 Å². The van der Waals surface area contributed by atoms with Crippen LogP contribution >= 0.6 is 0 Å². The molecule has 22 heavy (non-hydrogen) atoms. The van der Waals surface area contributed by atoms with E-state index in [-0.39, 0.29) is 0 Å². The summed E-state index contributed by atoms with van der Waals surface area (Å²) < 4.78 is 0. The SMILES string of the molecule is CC1CCN(Cc2ccccc2CNCc2ncc[nH]2)CC1. The summed E-state index contributed by atoms with van der Waals surface area (Å²) in [6.07, 6.45) is 6.32. The number of nitrogens with zero attached hydrogens (tertiary/aromatic N) is 2. The summed E-state index contributed by atoms with van der Waals surface area (Å²) >= 11 is 0. The van der Waals surface area contributed by atoms with Gasteiger partial charge in [0.15, 0.2) is 0 Å². The van der Waals surface area contributed by atoms with Crippen LogP contribution in [0.5, 0.6) is 0 Å². The molecule has 4 nitrogen and oxygen atoms in total. The molecule has 0 unspecified atom stereocenters.